The number of nitrogens with zero attached hydrogens (tertiary/aromatic N) is 4. The van der Waals surface area contributed by atoms with Gasteiger partial charge in [-0.15, -0.1) is 0 Å². The Kier molecular flexibility index (Phi) is 10.7. The van der Waals surface area contributed by atoms with Gasteiger partial charge in [0.25, 0.3) is 5.91 Å². The van der Waals surface area contributed by atoms with Crippen molar-refractivity contribution >= 4 is 40.9 Å². The smallest absolute Gasteiger partial charge is 0.259 e. The van der Waals surface area contributed by atoms with Crippen LogP contribution in [0, 0.1) is 6.92 Å². The van der Waals surface area contributed by atoms with Crippen LogP contribution in [0.1, 0.15) is 21.6 Å². The van der Waals surface area contributed by atoms with Gasteiger partial charge in [-0.2, -0.15) is 0 Å². The number of rotatable bonds is 8. The Balaban J connectivity index is 0.000000281. The van der Waals surface area contributed by atoms with Crippen LogP contribution in [-0.2, 0) is 4.79 Å². The van der Waals surface area contributed by atoms with Crippen molar-refractivity contribution in [1.82, 2.24) is 9.97 Å². The molecular formula is C33H31ClN4O2. The summed E-state index contributed by atoms with van der Waals surface area (Å²) < 4.78 is 0. The number of halogens is 1. The Labute approximate surface area is 240 Å². The normalized spacial score (nSPS) is 10.6. The number of aryl methyl sites for hydroxylation is 1. The van der Waals surface area contributed by atoms with Crippen molar-refractivity contribution in [2.24, 2.45) is 0 Å². The fraction of sp³-hybridized carbons (Fsp3) is 0.0909. The fourth-order valence-electron chi connectivity index (χ4n) is 3.65. The number of aromatic nitrogens is 2. The molecule has 4 rings (SSSR count). The van der Waals surface area contributed by atoms with E-state index in [-0.39, 0.29) is 5.91 Å². The van der Waals surface area contributed by atoms with Gasteiger partial charge in [-0.05, 0) is 54.5 Å². The number of carbonyl (C=O) groups is 2. The van der Waals surface area contributed by atoms with Gasteiger partial charge in [-0.25, -0.2) is 0 Å². The van der Waals surface area contributed by atoms with Crippen LogP contribution in [-0.4, -0.2) is 36.4 Å². The van der Waals surface area contributed by atoms with E-state index < -0.39 is 0 Å². The predicted octanol–water partition coefficient (Wildman–Crippen LogP) is 7.42. The van der Waals surface area contributed by atoms with E-state index in [1.807, 2.05) is 37.4 Å². The predicted molar refractivity (Wildman–Crippen MR) is 166 cm³/mol. The molecule has 0 N–H and O–H groups in total. The maximum absolute atomic E-state index is 12.8. The minimum atomic E-state index is -0.246. The fourth-order valence-corrected chi connectivity index (χ4v) is 3.88. The molecule has 202 valence electrons. The van der Waals surface area contributed by atoms with Gasteiger partial charge in [-0.3, -0.25) is 19.6 Å². The third-order valence-electron chi connectivity index (χ3n) is 5.93. The van der Waals surface area contributed by atoms with E-state index in [1.165, 1.54) is 27.1 Å². The monoisotopic (exact) mass is 550 g/mol. The van der Waals surface area contributed by atoms with Gasteiger partial charge in [0.2, 0.25) is 6.41 Å². The van der Waals surface area contributed by atoms with E-state index in [1.54, 1.807) is 62.7 Å². The number of benzene rings is 2. The highest BCUT2D eigenvalue weighted by molar-refractivity contribution is 6.31. The summed E-state index contributed by atoms with van der Waals surface area (Å²) in [5.41, 5.74) is 6.49. The molecule has 6 nitrogen and oxygen atoms in total. The third-order valence-corrected chi connectivity index (χ3v) is 6.15. The van der Waals surface area contributed by atoms with Crippen molar-refractivity contribution < 1.29 is 9.59 Å². The van der Waals surface area contributed by atoms with Gasteiger partial charge in [0.15, 0.2) is 0 Å². The van der Waals surface area contributed by atoms with Crippen LogP contribution in [0.5, 0.6) is 0 Å². The van der Waals surface area contributed by atoms with E-state index in [2.05, 4.69) is 41.3 Å². The summed E-state index contributed by atoms with van der Waals surface area (Å²) in [6.45, 7) is 9.45. The van der Waals surface area contributed by atoms with Crippen LogP contribution in [0.2, 0.25) is 5.02 Å². The number of pyridine rings is 2. The van der Waals surface area contributed by atoms with Crippen molar-refractivity contribution in [3.63, 3.8) is 0 Å². The van der Waals surface area contributed by atoms with Crippen molar-refractivity contribution in [2.45, 2.75) is 6.92 Å². The summed E-state index contributed by atoms with van der Waals surface area (Å²) in [6, 6.07) is 22.8. The van der Waals surface area contributed by atoms with Crippen LogP contribution in [0.3, 0.4) is 0 Å². The molecule has 2 heterocycles. The molecule has 0 saturated carbocycles. The Morgan fingerprint density at radius 1 is 0.900 bits per heavy atom. The number of anilines is 2. The molecule has 2 aromatic carbocycles. The maximum atomic E-state index is 12.8. The van der Waals surface area contributed by atoms with Gasteiger partial charge < -0.3 is 9.80 Å². The first-order chi connectivity index (χ1) is 19.3. The number of allylic oxidation sites excluding steroid dienone is 4. The first-order valence-electron chi connectivity index (χ1n) is 12.4. The summed E-state index contributed by atoms with van der Waals surface area (Å²) in [6.07, 6.45) is 9.20. The summed E-state index contributed by atoms with van der Waals surface area (Å²) in [5.74, 6) is -0.246. The first-order valence-corrected chi connectivity index (χ1v) is 12.8. The molecular weight excluding hydrogens is 520 g/mol. The van der Waals surface area contributed by atoms with E-state index in [0.717, 1.165) is 11.3 Å². The molecule has 7 heteroatoms. The third kappa shape index (κ3) is 7.85. The summed E-state index contributed by atoms with van der Waals surface area (Å²) >= 11 is 6.13. The average molecular weight is 551 g/mol. The lowest BCUT2D eigenvalue weighted by atomic mass is 10.1. The topological polar surface area (TPSA) is 66.4 Å². The number of hydrogen-bond acceptors (Lipinski definition) is 4. The van der Waals surface area contributed by atoms with Gasteiger partial charge in [0, 0.05) is 48.4 Å². The van der Waals surface area contributed by atoms with Crippen LogP contribution in [0.25, 0.3) is 16.8 Å². The quantitative estimate of drug-likeness (QED) is 0.169. The molecule has 0 radical (unpaired) electrons. The zero-order valence-electron chi connectivity index (χ0n) is 22.8. The molecule has 0 bridgehead atoms. The minimum Gasteiger partial charge on any atom is -0.318 e. The van der Waals surface area contributed by atoms with Crippen LogP contribution >= 0.6 is 11.6 Å². The molecule has 0 spiro atoms. The molecule has 0 aliphatic rings. The minimum absolute atomic E-state index is 0.246. The molecule has 0 unspecified atom stereocenters. The molecule has 0 fully saturated rings. The van der Waals surface area contributed by atoms with Crippen molar-refractivity contribution in [3.8, 4) is 11.3 Å². The largest absolute Gasteiger partial charge is 0.318 e. The molecule has 0 aliphatic carbocycles. The highest BCUT2D eigenvalue weighted by atomic mass is 35.5. The van der Waals surface area contributed by atoms with E-state index in [0.29, 0.717) is 34.1 Å². The van der Waals surface area contributed by atoms with Crippen LogP contribution in [0.15, 0.2) is 117 Å². The van der Waals surface area contributed by atoms with Crippen LogP contribution < -0.4 is 9.80 Å². The van der Waals surface area contributed by atoms with Gasteiger partial charge >= 0.3 is 0 Å². The van der Waals surface area contributed by atoms with E-state index >= 15 is 0 Å². The molecule has 40 heavy (non-hydrogen) atoms. The van der Waals surface area contributed by atoms with E-state index in [4.69, 9.17) is 11.6 Å². The zero-order chi connectivity index (χ0) is 29.1. The summed E-state index contributed by atoms with van der Waals surface area (Å²) in [4.78, 5) is 35.3. The van der Waals surface area contributed by atoms with Gasteiger partial charge in [0.05, 0.1) is 17.0 Å². The van der Waals surface area contributed by atoms with Gasteiger partial charge in [-0.1, -0.05) is 79.4 Å². The van der Waals surface area contributed by atoms with Crippen molar-refractivity contribution in [3.05, 3.63) is 138 Å². The second kappa shape index (κ2) is 14.4. The lowest BCUT2D eigenvalue weighted by molar-refractivity contribution is -0.107. The maximum Gasteiger partial charge on any atom is 0.259 e. The molecule has 4 aromatic rings. The van der Waals surface area contributed by atoms with Crippen molar-refractivity contribution in [1.29, 1.82) is 0 Å². The highest BCUT2D eigenvalue weighted by Crippen LogP contribution is 2.27. The Hall–Kier alpha value is -4.81. The number of hydrogen-bond donors (Lipinski definition) is 0. The Morgan fingerprint density at radius 3 is 2.20 bits per heavy atom. The number of amides is 2. The second-order valence-electron chi connectivity index (χ2n) is 8.83. The first kappa shape index (κ1) is 29.7. The average Bonchev–Trinajstić information content (AvgIpc) is 2.99. The lowest BCUT2D eigenvalue weighted by Crippen LogP contribution is -2.26. The summed E-state index contributed by atoms with van der Waals surface area (Å²) in [7, 11) is 3.25. The molecule has 0 aliphatic heterocycles. The zero-order valence-corrected chi connectivity index (χ0v) is 23.5. The van der Waals surface area contributed by atoms with Gasteiger partial charge in [0.1, 0.15) is 0 Å². The molecule has 0 atom stereocenters. The molecule has 0 saturated heterocycles. The van der Waals surface area contributed by atoms with E-state index in [9.17, 15) is 9.59 Å². The van der Waals surface area contributed by atoms with Crippen LogP contribution in [0.4, 0.5) is 11.4 Å². The molecule has 2 amide bonds. The molecule has 2 aromatic heterocycles. The highest BCUT2D eigenvalue weighted by Gasteiger charge is 2.16. The second-order valence-corrected chi connectivity index (χ2v) is 9.27. The lowest BCUT2D eigenvalue weighted by Gasteiger charge is -2.20. The standard InChI is InChI=1S/C21H20ClN3O2.C12H11N/c1-5-7-15(6-2)20-9-8-16(13-23-20)21(27)25(4)19-11-17(22)10-18(12-19)24(3)14-26;1-10-7-8-12(13-9-10)11-5-3-2-4-6-11/h5-14H,1-2H2,3-4H3;2-9H,1H3/b15-7+;. The van der Waals surface area contributed by atoms with Crippen molar-refractivity contribution in [2.75, 3.05) is 23.9 Å². The summed E-state index contributed by atoms with van der Waals surface area (Å²) in [5, 5.41) is 0.425. The SMILES string of the molecule is C=C/C=C(\C=C)c1ccc(C(=O)N(C)c2cc(Cl)cc(N(C)C=O)c2)cn1.Cc1ccc(-c2ccccc2)nc1. The Bertz CT molecular complexity index is 1500. The number of carbonyl (C=O) groups excluding carboxylic acids is 2. The Morgan fingerprint density at radius 2 is 1.62 bits per heavy atom.